The number of halogens is 2. The van der Waals surface area contributed by atoms with E-state index in [1.165, 1.54) is 21.2 Å². The highest BCUT2D eigenvalue weighted by molar-refractivity contribution is 7.98. The smallest absolute Gasteiger partial charge is 0.407 e. The molecule has 0 spiro atoms. The van der Waals surface area contributed by atoms with Crippen LogP contribution in [0.3, 0.4) is 0 Å². The van der Waals surface area contributed by atoms with Crippen LogP contribution >= 0.6 is 35.0 Å². The maximum absolute atomic E-state index is 14.2. The maximum atomic E-state index is 14.2. The average Bonchev–Trinajstić information content (AvgIpc) is 2.85. The molecule has 0 bridgehead atoms. The molecule has 0 unspecified atom stereocenters. The van der Waals surface area contributed by atoms with Crippen LogP contribution < -0.4 is 15.8 Å². The molecule has 194 valence electrons. The molecule has 5 rings (SSSR count). The lowest BCUT2D eigenvalue weighted by molar-refractivity contribution is -0.118. The van der Waals surface area contributed by atoms with Crippen molar-refractivity contribution in [2.75, 3.05) is 29.6 Å². The Morgan fingerprint density at radius 1 is 1.24 bits per heavy atom. The summed E-state index contributed by atoms with van der Waals surface area (Å²) in [5, 5.41) is 13.1. The number of amides is 2. The molecular formula is C24H24Cl2N6O4S. The number of piperazine rings is 1. The largest absolute Gasteiger partial charge is 0.465 e. The summed E-state index contributed by atoms with van der Waals surface area (Å²) in [6, 6.07) is 2.21. The number of hydrogen-bond donors (Lipinski definition) is 2. The zero-order chi connectivity index (χ0) is 26.8. The molecule has 1 fully saturated rings. The normalized spacial score (nSPS) is 19.2. The van der Waals surface area contributed by atoms with Crippen molar-refractivity contribution in [2.45, 2.75) is 43.7 Å². The van der Waals surface area contributed by atoms with E-state index in [1.54, 1.807) is 24.1 Å². The molecule has 0 aromatic carbocycles. The molecule has 2 atom stereocenters. The van der Waals surface area contributed by atoms with E-state index in [0.29, 0.717) is 22.5 Å². The van der Waals surface area contributed by atoms with Crippen molar-refractivity contribution in [1.82, 2.24) is 19.4 Å². The van der Waals surface area contributed by atoms with Gasteiger partial charge in [0.05, 0.1) is 28.6 Å². The lowest BCUT2D eigenvalue weighted by atomic mass is 10.00. The molecule has 2 amide bonds. The minimum absolute atomic E-state index is 0.0215. The number of nitrogens with zero attached hydrogens (tertiary/aromatic N) is 5. The summed E-state index contributed by atoms with van der Waals surface area (Å²) < 4.78 is 1.45. The molecule has 0 saturated carbocycles. The van der Waals surface area contributed by atoms with Gasteiger partial charge in [-0.15, -0.1) is 11.8 Å². The van der Waals surface area contributed by atoms with Crippen LogP contribution in [0.2, 0.25) is 10.2 Å². The second kappa shape index (κ2) is 9.38. The van der Waals surface area contributed by atoms with Crippen LogP contribution in [0.5, 0.6) is 0 Å². The Bertz CT molecular complexity index is 1530. The first kappa shape index (κ1) is 25.6. The van der Waals surface area contributed by atoms with Crippen molar-refractivity contribution in [3.8, 4) is 5.69 Å². The fraction of sp³-hybridized carbons (Fsp3) is 0.375. The van der Waals surface area contributed by atoms with Gasteiger partial charge >= 0.3 is 6.09 Å². The third-order valence-electron chi connectivity index (χ3n) is 6.76. The summed E-state index contributed by atoms with van der Waals surface area (Å²) in [5.41, 5.74) is 1.56. The molecular weight excluding hydrogens is 539 g/mol. The third-order valence-corrected chi connectivity index (χ3v) is 8.20. The molecule has 5 heterocycles. The van der Waals surface area contributed by atoms with Gasteiger partial charge in [-0.3, -0.25) is 19.1 Å². The number of nitrogens with one attached hydrogen (secondary N) is 1. The predicted molar refractivity (Wildman–Crippen MR) is 145 cm³/mol. The predicted octanol–water partition coefficient (Wildman–Crippen LogP) is 4.44. The number of pyridine rings is 3. The number of rotatable bonds is 3. The monoisotopic (exact) mass is 562 g/mol. The number of carbonyl (C=O) groups is 2. The van der Waals surface area contributed by atoms with Gasteiger partial charge in [-0.1, -0.05) is 37.0 Å². The van der Waals surface area contributed by atoms with E-state index in [9.17, 15) is 19.5 Å². The van der Waals surface area contributed by atoms with Gasteiger partial charge in [0, 0.05) is 29.1 Å². The first-order valence-corrected chi connectivity index (χ1v) is 13.6. The van der Waals surface area contributed by atoms with Crippen LogP contribution in [-0.4, -0.2) is 68.0 Å². The first-order chi connectivity index (χ1) is 17.5. The van der Waals surface area contributed by atoms with Crippen molar-refractivity contribution >= 4 is 69.4 Å². The van der Waals surface area contributed by atoms with Crippen LogP contribution in [0.4, 0.5) is 16.2 Å². The zero-order valence-corrected chi connectivity index (χ0v) is 22.8. The highest BCUT2D eigenvalue weighted by Crippen LogP contribution is 2.42. The summed E-state index contributed by atoms with van der Waals surface area (Å²) in [6.45, 7) is 5.88. The Morgan fingerprint density at radius 2 is 1.97 bits per heavy atom. The Kier molecular flexibility index (Phi) is 6.49. The Labute approximate surface area is 226 Å². The number of thioether (sulfide) groups is 1. The van der Waals surface area contributed by atoms with Gasteiger partial charge in [-0.05, 0) is 31.2 Å². The molecule has 2 N–H and O–H groups in total. The summed E-state index contributed by atoms with van der Waals surface area (Å²) >= 11 is 14.2. The summed E-state index contributed by atoms with van der Waals surface area (Å²) in [6.07, 6.45) is 2.50. The molecule has 13 heteroatoms. The molecule has 2 aliphatic heterocycles. The highest BCUT2D eigenvalue weighted by atomic mass is 35.5. The van der Waals surface area contributed by atoms with Crippen molar-refractivity contribution in [3.63, 3.8) is 0 Å². The number of carboxylic acid groups (broad SMARTS) is 1. The summed E-state index contributed by atoms with van der Waals surface area (Å²) in [7, 11) is 0. The van der Waals surface area contributed by atoms with Gasteiger partial charge in [0.15, 0.2) is 5.65 Å². The van der Waals surface area contributed by atoms with E-state index in [0.717, 1.165) is 4.90 Å². The van der Waals surface area contributed by atoms with Crippen molar-refractivity contribution in [2.24, 2.45) is 0 Å². The van der Waals surface area contributed by atoms with Gasteiger partial charge < -0.3 is 20.2 Å². The quantitative estimate of drug-likeness (QED) is 0.355. The van der Waals surface area contributed by atoms with Crippen LogP contribution in [-0.2, 0) is 4.79 Å². The van der Waals surface area contributed by atoms with E-state index in [4.69, 9.17) is 23.2 Å². The minimum Gasteiger partial charge on any atom is -0.465 e. The van der Waals surface area contributed by atoms with E-state index in [2.05, 4.69) is 15.3 Å². The molecule has 10 nitrogen and oxygen atoms in total. The molecule has 37 heavy (non-hydrogen) atoms. The second-order valence-corrected chi connectivity index (χ2v) is 11.0. The van der Waals surface area contributed by atoms with Crippen molar-refractivity contribution < 1.29 is 14.7 Å². The fourth-order valence-electron chi connectivity index (χ4n) is 5.05. The van der Waals surface area contributed by atoms with Gasteiger partial charge in [-0.25, -0.2) is 9.78 Å². The van der Waals surface area contributed by atoms with Gasteiger partial charge in [0.2, 0.25) is 5.91 Å². The molecule has 0 radical (unpaired) electrons. The Hall–Kier alpha value is -3.02. The Balaban J connectivity index is 1.88. The van der Waals surface area contributed by atoms with Crippen LogP contribution in [0.25, 0.3) is 16.7 Å². The summed E-state index contributed by atoms with van der Waals surface area (Å²) in [4.78, 5) is 52.1. The van der Waals surface area contributed by atoms with E-state index in [-0.39, 0.29) is 40.5 Å². The maximum Gasteiger partial charge on any atom is 0.407 e. The number of hydrogen-bond acceptors (Lipinski definition) is 7. The van der Waals surface area contributed by atoms with Crippen molar-refractivity contribution in [3.05, 3.63) is 44.6 Å². The first-order valence-electron chi connectivity index (χ1n) is 11.6. The molecule has 2 aliphatic rings. The van der Waals surface area contributed by atoms with E-state index < -0.39 is 29.6 Å². The molecule has 1 saturated heterocycles. The van der Waals surface area contributed by atoms with Crippen LogP contribution in [0.1, 0.15) is 32.4 Å². The van der Waals surface area contributed by atoms with Crippen LogP contribution in [0.15, 0.2) is 28.0 Å². The molecule has 3 aromatic rings. The van der Waals surface area contributed by atoms with Crippen molar-refractivity contribution in [1.29, 1.82) is 0 Å². The number of fused-ring (bicyclic) bond motifs is 5. The highest BCUT2D eigenvalue weighted by Gasteiger charge is 2.44. The zero-order valence-electron chi connectivity index (χ0n) is 20.5. The topological polar surface area (TPSA) is 121 Å². The molecule has 3 aromatic heterocycles. The average molecular weight is 563 g/mol. The van der Waals surface area contributed by atoms with Crippen LogP contribution in [0, 0.1) is 0 Å². The number of carbonyl (C=O) groups excluding carboxylic acids is 1. The van der Waals surface area contributed by atoms with Gasteiger partial charge in [0.1, 0.15) is 16.9 Å². The Morgan fingerprint density at radius 3 is 2.62 bits per heavy atom. The standard InChI is InChI=1S/C24H24Cl2N6O4S/c1-10(2)16-19(15(37-4)5-6-27-16)32-21-12(7-13(25)20(26)29-21)18-17(23(32)34)28-22(33)14-9-30(24(35)36)11(3)8-31(14)18/h5-7,10-11,14H,8-9H2,1-4H3,(H,28,33)(H,35,36)/t11-,14-/m1/s1. The third kappa shape index (κ3) is 4.00. The molecule has 0 aliphatic carbocycles. The number of anilines is 2. The second-order valence-electron chi connectivity index (χ2n) is 9.34. The van der Waals surface area contributed by atoms with E-state index in [1.807, 2.05) is 26.2 Å². The SMILES string of the molecule is CSc1ccnc(C(C)C)c1-n1c(=O)c2c(c3cc(Cl)c(Cl)nc31)N1C[C@@H](C)N(C(=O)O)C[C@@H]1C(=O)N2. The van der Waals surface area contributed by atoms with Gasteiger partial charge in [-0.2, -0.15) is 0 Å². The minimum atomic E-state index is -1.11. The summed E-state index contributed by atoms with van der Waals surface area (Å²) in [5.74, 6) is -0.478. The lowest BCUT2D eigenvalue weighted by Gasteiger charge is -2.47. The van der Waals surface area contributed by atoms with Gasteiger partial charge in [0.25, 0.3) is 5.56 Å². The fourth-order valence-corrected chi connectivity index (χ4v) is 5.92. The van der Waals surface area contributed by atoms with E-state index >= 15 is 0 Å². The number of aromatic nitrogens is 3. The lowest BCUT2D eigenvalue weighted by Crippen LogP contribution is -2.64.